The van der Waals surface area contributed by atoms with Gasteiger partial charge in [0.1, 0.15) is 0 Å². The Morgan fingerprint density at radius 1 is 1.09 bits per heavy atom. The minimum absolute atomic E-state index is 0.0292. The maximum Gasteiger partial charge on any atom is 0.240 e. The van der Waals surface area contributed by atoms with E-state index in [1.165, 1.54) is 4.90 Å². The van der Waals surface area contributed by atoms with Crippen LogP contribution in [0.15, 0.2) is 30.3 Å². The molecule has 4 rings (SSSR count). The van der Waals surface area contributed by atoms with Gasteiger partial charge in [0.05, 0.1) is 24.5 Å². The SMILES string of the molecule is COCCCN1C(=O)CC(CC(=O)N2CCCC(C(=O)N3CCOCC3)C2)(c2ccccc2)C1=O. The predicted molar refractivity (Wildman–Crippen MR) is 127 cm³/mol. The van der Waals surface area contributed by atoms with E-state index in [4.69, 9.17) is 9.47 Å². The highest BCUT2D eigenvalue weighted by Crippen LogP contribution is 2.40. The lowest BCUT2D eigenvalue weighted by atomic mass is 9.75. The Kier molecular flexibility index (Phi) is 8.18. The number of benzene rings is 1. The fraction of sp³-hybridized carbons (Fsp3) is 0.615. The largest absolute Gasteiger partial charge is 0.385 e. The number of carbonyl (C=O) groups is 4. The second-order valence-corrected chi connectivity index (χ2v) is 9.62. The van der Waals surface area contributed by atoms with Gasteiger partial charge in [-0.25, -0.2) is 0 Å². The number of likely N-dealkylation sites (tertiary alicyclic amines) is 2. The molecule has 3 saturated heterocycles. The highest BCUT2D eigenvalue weighted by molar-refractivity contribution is 6.10. The van der Waals surface area contributed by atoms with Crippen LogP contribution >= 0.6 is 0 Å². The maximum atomic E-state index is 13.7. The van der Waals surface area contributed by atoms with Crippen molar-refractivity contribution in [1.82, 2.24) is 14.7 Å². The van der Waals surface area contributed by atoms with Gasteiger partial charge in [-0.15, -0.1) is 0 Å². The molecule has 0 aromatic heterocycles. The molecule has 0 saturated carbocycles. The molecule has 0 N–H and O–H groups in total. The number of carbonyl (C=O) groups excluding carboxylic acids is 4. The smallest absolute Gasteiger partial charge is 0.240 e. The van der Waals surface area contributed by atoms with Crippen molar-refractivity contribution in [3.63, 3.8) is 0 Å². The van der Waals surface area contributed by atoms with Crippen LogP contribution in [-0.2, 0) is 34.1 Å². The van der Waals surface area contributed by atoms with Crippen LogP contribution in [0.1, 0.15) is 37.7 Å². The van der Waals surface area contributed by atoms with Gasteiger partial charge in [0.2, 0.25) is 23.6 Å². The number of imide groups is 1. The number of nitrogens with zero attached hydrogens (tertiary/aromatic N) is 3. The molecule has 3 aliphatic heterocycles. The van der Waals surface area contributed by atoms with Crippen molar-refractivity contribution < 1.29 is 28.7 Å². The summed E-state index contributed by atoms with van der Waals surface area (Å²) in [6.45, 7) is 3.85. The number of hydrogen-bond donors (Lipinski definition) is 0. The summed E-state index contributed by atoms with van der Waals surface area (Å²) >= 11 is 0. The molecule has 4 amide bonds. The zero-order valence-electron chi connectivity index (χ0n) is 20.4. The number of ether oxygens (including phenoxy) is 2. The second-order valence-electron chi connectivity index (χ2n) is 9.62. The van der Waals surface area contributed by atoms with Crippen molar-refractivity contribution >= 4 is 23.6 Å². The van der Waals surface area contributed by atoms with Crippen LogP contribution in [0, 0.1) is 5.92 Å². The van der Waals surface area contributed by atoms with Crippen LogP contribution in [0.3, 0.4) is 0 Å². The van der Waals surface area contributed by atoms with Crippen LogP contribution in [0.4, 0.5) is 0 Å². The van der Waals surface area contributed by atoms with Crippen LogP contribution in [-0.4, -0.2) is 98.0 Å². The van der Waals surface area contributed by atoms with E-state index in [9.17, 15) is 19.2 Å². The summed E-state index contributed by atoms with van der Waals surface area (Å²) in [6.07, 6.45) is 1.92. The first kappa shape index (κ1) is 25.3. The molecule has 1 aromatic rings. The molecule has 9 nitrogen and oxygen atoms in total. The van der Waals surface area contributed by atoms with Crippen LogP contribution in [0.25, 0.3) is 0 Å². The summed E-state index contributed by atoms with van der Waals surface area (Å²) in [5.74, 6) is -0.948. The summed E-state index contributed by atoms with van der Waals surface area (Å²) < 4.78 is 10.4. The summed E-state index contributed by atoms with van der Waals surface area (Å²) in [5.41, 5.74) is -0.539. The molecule has 35 heavy (non-hydrogen) atoms. The average Bonchev–Trinajstić information content (AvgIpc) is 3.14. The number of piperidine rings is 1. The fourth-order valence-corrected chi connectivity index (χ4v) is 5.43. The van der Waals surface area contributed by atoms with Gasteiger partial charge in [-0.1, -0.05) is 30.3 Å². The Hall–Kier alpha value is -2.78. The lowest BCUT2D eigenvalue weighted by molar-refractivity contribution is -0.146. The van der Waals surface area contributed by atoms with Crippen molar-refractivity contribution in [2.75, 3.05) is 59.7 Å². The Labute approximate surface area is 206 Å². The van der Waals surface area contributed by atoms with E-state index in [-0.39, 0.29) is 48.9 Å². The minimum Gasteiger partial charge on any atom is -0.385 e. The summed E-state index contributed by atoms with van der Waals surface area (Å²) in [5, 5.41) is 0. The zero-order valence-corrected chi connectivity index (χ0v) is 20.4. The van der Waals surface area contributed by atoms with Crippen molar-refractivity contribution in [2.24, 2.45) is 5.92 Å². The standard InChI is InChI=1S/C26H35N3O6/c1-34-14-6-11-29-23(31)18-26(25(29)33,21-8-3-2-4-9-21)17-22(30)28-10-5-7-20(19-28)24(32)27-12-15-35-16-13-27/h2-4,8-9,20H,5-7,10-19H2,1H3. The molecule has 2 atom stereocenters. The maximum absolute atomic E-state index is 13.7. The van der Waals surface area contributed by atoms with E-state index in [2.05, 4.69) is 0 Å². The number of rotatable bonds is 8. The first-order valence-electron chi connectivity index (χ1n) is 12.5. The molecule has 1 aromatic carbocycles. The number of methoxy groups -OCH3 is 1. The highest BCUT2D eigenvalue weighted by Gasteiger charge is 2.54. The summed E-state index contributed by atoms with van der Waals surface area (Å²) in [4.78, 5) is 58.0. The Bertz CT molecular complexity index is 932. The molecule has 3 heterocycles. The third kappa shape index (κ3) is 5.41. The summed E-state index contributed by atoms with van der Waals surface area (Å²) in [6, 6.07) is 9.13. The van der Waals surface area contributed by atoms with E-state index in [0.717, 1.165) is 12.8 Å². The molecule has 0 radical (unpaired) electrons. The Morgan fingerprint density at radius 3 is 2.54 bits per heavy atom. The quantitative estimate of drug-likeness (QED) is 0.406. The van der Waals surface area contributed by atoms with E-state index >= 15 is 0 Å². The first-order valence-corrected chi connectivity index (χ1v) is 12.5. The zero-order chi connectivity index (χ0) is 24.8. The molecule has 0 bridgehead atoms. The number of morpholine rings is 1. The van der Waals surface area contributed by atoms with E-state index in [1.807, 2.05) is 35.2 Å². The van der Waals surface area contributed by atoms with Gasteiger partial charge in [-0.3, -0.25) is 24.1 Å². The van der Waals surface area contributed by atoms with E-state index < -0.39 is 5.41 Å². The predicted octanol–water partition coefficient (Wildman–Crippen LogP) is 1.21. The van der Waals surface area contributed by atoms with Crippen LogP contribution in [0.2, 0.25) is 0 Å². The lowest BCUT2D eigenvalue weighted by Gasteiger charge is -2.37. The third-order valence-electron chi connectivity index (χ3n) is 7.36. The molecular formula is C26H35N3O6. The minimum atomic E-state index is -1.22. The molecule has 0 spiro atoms. The molecule has 3 fully saturated rings. The molecule has 190 valence electrons. The number of amides is 4. The number of hydrogen-bond acceptors (Lipinski definition) is 6. The second kappa shape index (κ2) is 11.3. The van der Waals surface area contributed by atoms with Gasteiger partial charge in [0.15, 0.2) is 0 Å². The van der Waals surface area contributed by atoms with Crippen molar-refractivity contribution in [3.8, 4) is 0 Å². The van der Waals surface area contributed by atoms with Gasteiger partial charge in [0, 0.05) is 59.3 Å². The molecule has 9 heteroatoms. The van der Waals surface area contributed by atoms with E-state index in [0.29, 0.717) is 58.0 Å². The normalized spacial score (nSPS) is 25.3. The topological polar surface area (TPSA) is 96.5 Å². The van der Waals surface area contributed by atoms with Gasteiger partial charge < -0.3 is 19.3 Å². The first-order chi connectivity index (χ1) is 17.0. The Morgan fingerprint density at radius 2 is 1.83 bits per heavy atom. The van der Waals surface area contributed by atoms with Gasteiger partial charge in [-0.05, 0) is 24.8 Å². The van der Waals surface area contributed by atoms with E-state index in [1.54, 1.807) is 12.0 Å². The van der Waals surface area contributed by atoms with Crippen molar-refractivity contribution in [2.45, 2.75) is 37.5 Å². The van der Waals surface area contributed by atoms with Gasteiger partial charge >= 0.3 is 0 Å². The van der Waals surface area contributed by atoms with Crippen LogP contribution in [0.5, 0.6) is 0 Å². The molecule has 0 aliphatic carbocycles. The molecule has 3 aliphatic rings. The monoisotopic (exact) mass is 485 g/mol. The Balaban J connectivity index is 1.50. The highest BCUT2D eigenvalue weighted by atomic mass is 16.5. The third-order valence-corrected chi connectivity index (χ3v) is 7.36. The van der Waals surface area contributed by atoms with Crippen LogP contribution < -0.4 is 0 Å². The molecule has 2 unspecified atom stereocenters. The fourth-order valence-electron chi connectivity index (χ4n) is 5.43. The van der Waals surface area contributed by atoms with Crippen molar-refractivity contribution in [3.05, 3.63) is 35.9 Å². The molecular weight excluding hydrogens is 450 g/mol. The average molecular weight is 486 g/mol. The van der Waals surface area contributed by atoms with Crippen molar-refractivity contribution in [1.29, 1.82) is 0 Å². The lowest BCUT2D eigenvalue weighted by Crippen LogP contribution is -2.51. The van der Waals surface area contributed by atoms with Gasteiger partial charge in [-0.2, -0.15) is 0 Å². The van der Waals surface area contributed by atoms with Gasteiger partial charge in [0.25, 0.3) is 0 Å². The summed E-state index contributed by atoms with van der Waals surface area (Å²) in [7, 11) is 1.58.